The van der Waals surface area contributed by atoms with Gasteiger partial charge in [0, 0.05) is 12.3 Å². The van der Waals surface area contributed by atoms with E-state index in [1.165, 1.54) is 50.5 Å². The molecule has 0 spiro atoms. The van der Waals surface area contributed by atoms with Gasteiger partial charge >= 0.3 is 0 Å². The maximum atomic E-state index is 12.7. The van der Waals surface area contributed by atoms with Crippen LogP contribution < -0.4 is 0 Å². The summed E-state index contributed by atoms with van der Waals surface area (Å²) in [5.74, 6) is 1.37. The van der Waals surface area contributed by atoms with Crippen LogP contribution in [-0.2, 0) is 11.2 Å². The molecule has 1 heteroatoms. The topological polar surface area (TPSA) is 17.1 Å². The molecule has 1 nitrogen and oxygen atoms in total. The van der Waals surface area contributed by atoms with Crippen LogP contribution in [0.4, 0.5) is 0 Å². The number of rotatable bonds is 4. The monoisotopic (exact) mass is 314 g/mol. The first-order valence-electron chi connectivity index (χ1n) is 9.84. The summed E-state index contributed by atoms with van der Waals surface area (Å²) in [4.78, 5) is 12.7. The molecule has 0 aliphatic heterocycles. The summed E-state index contributed by atoms with van der Waals surface area (Å²) in [6.45, 7) is 2.30. The summed E-state index contributed by atoms with van der Waals surface area (Å²) < 4.78 is 0. The van der Waals surface area contributed by atoms with Crippen molar-refractivity contribution in [1.29, 1.82) is 0 Å². The van der Waals surface area contributed by atoms with Gasteiger partial charge in [0.2, 0.25) is 0 Å². The third-order valence-electron chi connectivity index (χ3n) is 5.52. The molecule has 0 amide bonds. The second-order valence-corrected chi connectivity index (χ2v) is 7.44. The van der Waals surface area contributed by atoms with Gasteiger partial charge in [-0.15, -0.1) is 0 Å². The fourth-order valence-electron chi connectivity index (χ4n) is 3.91. The Hall–Kier alpha value is -1.11. The maximum absolute atomic E-state index is 12.7. The molecule has 0 N–H and O–H groups in total. The van der Waals surface area contributed by atoms with E-state index in [0.29, 0.717) is 17.6 Å². The Bertz CT molecular complexity index is 437. The molecule has 1 aromatic rings. The van der Waals surface area contributed by atoms with Crippen LogP contribution in [0.15, 0.2) is 30.3 Å². The Kier molecular flexibility index (Phi) is 8.42. The summed E-state index contributed by atoms with van der Waals surface area (Å²) in [5, 5.41) is 0. The standard InChI is InChI=1S/C22H34O/c1-19(17-18-20-13-9-8-10-14-20)21-15-11-6-4-2-3-5-7-12-16-22(21)23/h8-10,13-14,19,21H,2-7,11-12,15-18H2,1H3/t19-,21+/m0/s1. The van der Waals surface area contributed by atoms with Crippen molar-refractivity contribution >= 4 is 5.78 Å². The normalized spacial score (nSPS) is 22.8. The molecule has 0 saturated heterocycles. The van der Waals surface area contributed by atoms with Gasteiger partial charge in [0.25, 0.3) is 0 Å². The largest absolute Gasteiger partial charge is 0.299 e. The number of carbonyl (C=O) groups excluding carboxylic acids is 1. The molecular formula is C22H34O. The van der Waals surface area contributed by atoms with Crippen LogP contribution in [0.3, 0.4) is 0 Å². The van der Waals surface area contributed by atoms with Crippen molar-refractivity contribution in [1.82, 2.24) is 0 Å². The highest BCUT2D eigenvalue weighted by atomic mass is 16.1. The molecule has 1 fully saturated rings. The van der Waals surface area contributed by atoms with E-state index < -0.39 is 0 Å². The summed E-state index contributed by atoms with van der Waals surface area (Å²) in [5.41, 5.74) is 1.40. The number of benzene rings is 1. The number of carbonyl (C=O) groups is 1. The molecule has 0 unspecified atom stereocenters. The van der Waals surface area contributed by atoms with E-state index in [0.717, 1.165) is 32.1 Å². The molecular weight excluding hydrogens is 280 g/mol. The van der Waals surface area contributed by atoms with Crippen molar-refractivity contribution in [2.45, 2.75) is 84.0 Å². The molecule has 0 aromatic heterocycles. The average molecular weight is 315 g/mol. The highest BCUT2D eigenvalue weighted by Gasteiger charge is 2.24. The lowest BCUT2D eigenvalue weighted by molar-refractivity contribution is -0.124. The minimum atomic E-state index is 0.304. The molecule has 2 rings (SSSR count). The molecule has 2 atom stereocenters. The Morgan fingerprint density at radius 2 is 1.52 bits per heavy atom. The number of Topliss-reactive ketones (excluding diaryl/α,β-unsaturated/α-hetero) is 1. The molecule has 0 radical (unpaired) electrons. The zero-order valence-electron chi connectivity index (χ0n) is 14.9. The van der Waals surface area contributed by atoms with Gasteiger partial charge in [-0.1, -0.05) is 82.2 Å². The average Bonchev–Trinajstić information content (AvgIpc) is 2.57. The second kappa shape index (κ2) is 10.6. The van der Waals surface area contributed by atoms with E-state index >= 15 is 0 Å². The van der Waals surface area contributed by atoms with Gasteiger partial charge in [0.05, 0.1) is 0 Å². The Balaban J connectivity index is 1.87. The van der Waals surface area contributed by atoms with Gasteiger partial charge in [-0.25, -0.2) is 0 Å². The Morgan fingerprint density at radius 3 is 2.22 bits per heavy atom. The van der Waals surface area contributed by atoms with Gasteiger partial charge in [-0.05, 0) is 37.2 Å². The lowest BCUT2D eigenvalue weighted by Gasteiger charge is -2.23. The highest BCUT2D eigenvalue weighted by Crippen LogP contribution is 2.27. The van der Waals surface area contributed by atoms with Gasteiger partial charge < -0.3 is 0 Å². The van der Waals surface area contributed by atoms with Gasteiger partial charge in [-0.3, -0.25) is 4.79 Å². The van der Waals surface area contributed by atoms with E-state index in [4.69, 9.17) is 0 Å². The summed E-state index contributed by atoms with van der Waals surface area (Å²) in [7, 11) is 0. The van der Waals surface area contributed by atoms with E-state index in [9.17, 15) is 4.79 Å². The molecule has 0 bridgehead atoms. The first kappa shape index (κ1) is 18.2. The smallest absolute Gasteiger partial charge is 0.136 e. The summed E-state index contributed by atoms with van der Waals surface area (Å²) in [6, 6.07) is 10.7. The van der Waals surface area contributed by atoms with E-state index in [2.05, 4.69) is 37.3 Å². The van der Waals surface area contributed by atoms with Crippen molar-refractivity contribution in [3.63, 3.8) is 0 Å². The zero-order valence-corrected chi connectivity index (χ0v) is 14.9. The molecule has 128 valence electrons. The van der Waals surface area contributed by atoms with Crippen LogP contribution in [0.25, 0.3) is 0 Å². The fraction of sp³-hybridized carbons (Fsp3) is 0.682. The summed E-state index contributed by atoms with van der Waals surface area (Å²) in [6.07, 6.45) is 14.5. The SMILES string of the molecule is C[C@@H](CCc1ccccc1)[C@H]1CCCCCCCCCCC1=O. The minimum absolute atomic E-state index is 0.304. The molecule has 1 saturated carbocycles. The first-order valence-corrected chi connectivity index (χ1v) is 9.84. The van der Waals surface area contributed by atoms with Crippen LogP contribution in [0.2, 0.25) is 0 Å². The van der Waals surface area contributed by atoms with Crippen molar-refractivity contribution in [3.8, 4) is 0 Å². The van der Waals surface area contributed by atoms with Gasteiger partial charge in [-0.2, -0.15) is 0 Å². The van der Waals surface area contributed by atoms with Crippen molar-refractivity contribution in [2.75, 3.05) is 0 Å². The Labute approximate surface area is 142 Å². The maximum Gasteiger partial charge on any atom is 0.136 e. The lowest BCUT2D eigenvalue weighted by atomic mass is 9.80. The van der Waals surface area contributed by atoms with Crippen molar-refractivity contribution in [3.05, 3.63) is 35.9 Å². The number of aryl methyl sites for hydroxylation is 1. The lowest BCUT2D eigenvalue weighted by Crippen LogP contribution is -2.23. The fourth-order valence-corrected chi connectivity index (χ4v) is 3.91. The molecule has 1 aromatic carbocycles. The minimum Gasteiger partial charge on any atom is -0.299 e. The van der Waals surface area contributed by atoms with Crippen molar-refractivity contribution in [2.24, 2.45) is 11.8 Å². The molecule has 1 aliphatic carbocycles. The number of ketones is 1. The molecule has 1 aliphatic rings. The number of hydrogen-bond acceptors (Lipinski definition) is 1. The quantitative estimate of drug-likeness (QED) is 0.632. The zero-order chi connectivity index (χ0) is 16.3. The predicted molar refractivity (Wildman–Crippen MR) is 98.6 cm³/mol. The van der Waals surface area contributed by atoms with E-state index in [1.807, 2.05) is 0 Å². The Morgan fingerprint density at radius 1 is 0.913 bits per heavy atom. The summed E-state index contributed by atoms with van der Waals surface area (Å²) >= 11 is 0. The van der Waals surface area contributed by atoms with Crippen LogP contribution in [0.5, 0.6) is 0 Å². The second-order valence-electron chi connectivity index (χ2n) is 7.44. The van der Waals surface area contributed by atoms with Crippen LogP contribution >= 0.6 is 0 Å². The van der Waals surface area contributed by atoms with Crippen LogP contribution in [0.1, 0.15) is 83.1 Å². The van der Waals surface area contributed by atoms with Crippen LogP contribution in [0, 0.1) is 11.8 Å². The van der Waals surface area contributed by atoms with E-state index in [-0.39, 0.29) is 0 Å². The predicted octanol–water partition coefficient (Wildman–Crippen LogP) is 6.36. The highest BCUT2D eigenvalue weighted by molar-refractivity contribution is 5.81. The van der Waals surface area contributed by atoms with Crippen LogP contribution in [-0.4, -0.2) is 5.78 Å². The molecule has 0 heterocycles. The van der Waals surface area contributed by atoms with Gasteiger partial charge in [0.15, 0.2) is 0 Å². The number of hydrogen-bond donors (Lipinski definition) is 0. The third kappa shape index (κ3) is 6.89. The van der Waals surface area contributed by atoms with E-state index in [1.54, 1.807) is 0 Å². The van der Waals surface area contributed by atoms with Gasteiger partial charge in [0.1, 0.15) is 5.78 Å². The first-order chi connectivity index (χ1) is 11.3. The third-order valence-corrected chi connectivity index (χ3v) is 5.52. The van der Waals surface area contributed by atoms with Crippen molar-refractivity contribution < 1.29 is 4.79 Å². The molecule has 23 heavy (non-hydrogen) atoms.